The second kappa shape index (κ2) is 17.0. The Balaban J connectivity index is 1.41. The number of carbonyl (C=O) groups excluding carboxylic acids is 1. The zero-order valence-electron chi connectivity index (χ0n) is 25.1. The normalized spacial score (nSPS) is 12.8. The van der Waals surface area contributed by atoms with Crippen LogP contribution in [-0.4, -0.2) is 84.4 Å². The fraction of sp³-hybridized carbons (Fsp3) is 0.367. The molecule has 1 unspecified atom stereocenters. The van der Waals surface area contributed by atoms with E-state index in [0.29, 0.717) is 45.4 Å². The minimum absolute atomic E-state index is 0.0108. The van der Waals surface area contributed by atoms with Crippen molar-refractivity contribution in [1.29, 1.82) is 0 Å². The van der Waals surface area contributed by atoms with Gasteiger partial charge in [0.25, 0.3) is 7.82 Å². The van der Waals surface area contributed by atoms with Crippen LogP contribution in [0.5, 0.6) is 23.0 Å². The molecule has 3 rings (SSSR count). The molecule has 0 saturated heterocycles. The van der Waals surface area contributed by atoms with Gasteiger partial charge in [0.2, 0.25) is 0 Å². The van der Waals surface area contributed by atoms with Gasteiger partial charge < -0.3 is 53.6 Å². The Kier molecular flexibility index (Phi) is 13.4. The second-order valence-electron chi connectivity index (χ2n) is 10.5. The second-order valence-corrected chi connectivity index (χ2v) is 11.9. The molecule has 14 heteroatoms. The van der Waals surface area contributed by atoms with E-state index in [9.17, 15) is 14.3 Å². The molecule has 0 amide bonds. The summed E-state index contributed by atoms with van der Waals surface area (Å²) in [5.74, 6) is 1.16. The number of phosphoric ester groups is 1. The van der Waals surface area contributed by atoms with Gasteiger partial charge in [-0.05, 0) is 60.7 Å². The number of hydrogen-bond donors (Lipinski definition) is 2. The number of anilines is 2. The van der Waals surface area contributed by atoms with E-state index in [-0.39, 0.29) is 51.8 Å². The number of rotatable bonds is 19. The number of esters is 1. The molecule has 3 aromatic rings. The predicted octanol–water partition coefficient (Wildman–Crippen LogP) is 3.83. The summed E-state index contributed by atoms with van der Waals surface area (Å²) in [6.07, 6.45) is 0. The molecule has 0 aliphatic carbocycles. The van der Waals surface area contributed by atoms with E-state index in [1.165, 1.54) is 0 Å². The van der Waals surface area contributed by atoms with Crippen LogP contribution in [0.15, 0.2) is 66.7 Å². The van der Waals surface area contributed by atoms with Crippen molar-refractivity contribution in [3.05, 3.63) is 72.3 Å². The molecule has 0 aliphatic rings. The molecule has 13 nitrogen and oxygen atoms in total. The highest BCUT2D eigenvalue weighted by molar-refractivity contribution is 7.45. The molecule has 0 aromatic heterocycles. The van der Waals surface area contributed by atoms with Gasteiger partial charge in [-0.15, -0.1) is 0 Å². The molecule has 0 fully saturated rings. The molecular formula is C30H40N3O10P. The Labute approximate surface area is 257 Å². The summed E-state index contributed by atoms with van der Waals surface area (Å²) >= 11 is 0. The fourth-order valence-electron chi connectivity index (χ4n) is 3.42. The van der Waals surface area contributed by atoms with Crippen LogP contribution in [0, 0.1) is 0 Å². The summed E-state index contributed by atoms with van der Waals surface area (Å²) in [6, 6.07) is 18.4. The molecular weight excluding hydrogens is 593 g/mol. The summed E-state index contributed by atoms with van der Waals surface area (Å²) in [4.78, 5) is 24.6. The Morgan fingerprint density at radius 3 is 1.64 bits per heavy atom. The number of benzene rings is 3. The van der Waals surface area contributed by atoms with Gasteiger partial charge in [0.05, 0.1) is 59.7 Å². The third-order valence-electron chi connectivity index (χ3n) is 5.67. The molecule has 3 aromatic carbocycles. The van der Waals surface area contributed by atoms with Gasteiger partial charge >= 0.3 is 5.97 Å². The minimum atomic E-state index is -4.37. The van der Waals surface area contributed by atoms with Crippen molar-refractivity contribution >= 4 is 25.2 Å². The number of ether oxygens (including phenoxy) is 5. The number of nitrogens with two attached hydrogens (primary N) is 2. The van der Waals surface area contributed by atoms with Crippen molar-refractivity contribution in [3.8, 4) is 23.0 Å². The van der Waals surface area contributed by atoms with E-state index in [1.54, 1.807) is 66.7 Å². The van der Waals surface area contributed by atoms with E-state index in [4.69, 9.17) is 44.2 Å². The smallest absolute Gasteiger partial charge is 0.338 e. The summed E-state index contributed by atoms with van der Waals surface area (Å²) < 4.78 is 49.8. The summed E-state index contributed by atoms with van der Waals surface area (Å²) in [5.41, 5.74) is 12.9. The van der Waals surface area contributed by atoms with Crippen LogP contribution in [0.4, 0.5) is 11.4 Å². The molecule has 0 radical (unpaired) electrons. The molecule has 0 bridgehead atoms. The first-order valence-corrected chi connectivity index (χ1v) is 15.3. The summed E-state index contributed by atoms with van der Waals surface area (Å²) in [6.45, 7) is 0.930. The molecule has 0 aliphatic heterocycles. The fourth-order valence-corrected chi connectivity index (χ4v) is 4.10. The van der Waals surface area contributed by atoms with Crippen LogP contribution < -0.4 is 25.8 Å². The number of hydrogen-bond acceptors (Lipinski definition) is 12. The van der Waals surface area contributed by atoms with Gasteiger partial charge in [-0.2, -0.15) is 0 Å². The van der Waals surface area contributed by atoms with Crippen molar-refractivity contribution in [3.63, 3.8) is 0 Å². The lowest BCUT2D eigenvalue weighted by molar-refractivity contribution is -0.870. The third kappa shape index (κ3) is 13.7. The highest BCUT2D eigenvalue weighted by Crippen LogP contribution is 2.37. The maximum Gasteiger partial charge on any atom is 0.338 e. The largest absolute Gasteiger partial charge is 0.756 e. The van der Waals surface area contributed by atoms with E-state index < -0.39 is 13.8 Å². The van der Waals surface area contributed by atoms with Gasteiger partial charge in [-0.3, -0.25) is 4.57 Å². The SMILES string of the molecule is C[N+](C)(C)CCOP(=O)([O-])OCCOCCOCCOC(=O)c1cc(Oc2ccc(N)cc2)cc(Oc2ccc(N)cc2)c1. The van der Waals surface area contributed by atoms with Gasteiger partial charge in [0.1, 0.15) is 42.8 Å². The molecule has 4 N–H and O–H groups in total. The van der Waals surface area contributed by atoms with Crippen molar-refractivity contribution in [2.24, 2.45) is 0 Å². The van der Waals surface area contributed by atoms with E-state index in [0.717, 1.165) is 0 Å². The summed E-state index contributed by atoms with van der Waals surface area (Å²) in [7, 11) is 1.40. The third-order valence-corrected chi connectivity index (χ3v) is 6.67. The van der Waals surface area contributed by atoms with Crippen LogP contribution in [0.1, 0.15) is 10.4 Å². The number of phosphoric acid groups is 1. The zero-order chi connectivity index (χ0) is 32.0. The molecule has 44 heavy (non-hydrogen) atoms. The summed E-state index contributed by atoms with van der Waals surface area (Å²) in [5, 5.41) is 0. The number of carbonyl (C=O) groups is 1. The lowest BCUT2D eigenvalue weighted by atomic mass is 10.2. The highest BCUT2D eigenvalue weighted by Gasteiger charge is 2.15. The topological polar surface area (TPSA) is 174 Å². The molecule has 240 valence electrons. The molecule has 0 saturated carbocycles. The monoisotopic (exact) mass is 633 g/mol. The quantitative estimate of drug-likeness (QED) is 0.0643. The van der Waals surface area contributed by atoms with Crippen LogP contribution in [-0.2, 0) is 27.8 Å². The standard InChI is InChI=1S/C30H40N3O10P/c1-33(2,3)12-13-40-44(35,36)41-19-17-38-15-14-37-16-18-39-30(34)23-20-28(42-26-8-4-24(31)5-9-26)22-29(21-23)43-27-10-6-25(32)7-11-27/h4-11,20-22H,12-19,31-32H2,1-3H3. The first-order valence-electron chi connectivity index (χ1n) is 13.8. The van der Waals surface area contributed by atoms with Crippen molar-refractivity contribution in [2.45, 2.75) is 0 Å². The lowest BCUT2D eigenvalue weighted by Gasteiger charge is -2.27. The molecule has 0 heterocycles. The maximum absolute atomic E-state index is 12.8. The highest BCUT2D eigenvalue weighted by atomic mass is 31.2. The van der Waals surface area contributed by atoms with Crippen molar-refractivity contribution in [1.82, 2.24) is 0 Å². The van der Waals surface area contributed by atoms with Crippen molar-refractivity contribution < 1.29 is 51.5 Å². The Morgan fingerprint density at radius 2 is 1.14 bits per heavy atom. The first kappa shape index (κ1) is 34.8. The molecule has 1 atom stereocenters. The Bertz CT molecular complexity index is 1300. The van der Waals surface area contributed by atoms with Crippen molar-refractivity contribution in [2.75, 3.05) is 85.4 Å². The first-order chi connectivity index (χ1) is 20.9. The van der Waals surface area contributed by atoms with E-state index in [2.05, 4.69) is 0 Å². The van der Waals surface area contributed by atoms with E-state index >= 15 is 0 Å². The number of likely N-dealkylation sites (N-methyl/N-ethyl adjacent to an activating group) is 1. The van der Waals surface area contributed by atoms with Crippen LogP contribution in [0.2, 0.25) is 0 Å². The predicted molar refractivity (Wildman–Crippen MR) is 163 cm³/mol. The average molecular weight is 634 g/mol. The van der Waals surface area contributed by atoms with Crippen LogP contribution >= 0.6 is 7.82 Å². The van der Waals surface area contributed by atoms with Gasteiger partial charge in [0, 0.05) is 17.4 Å². The van der Waals surface area contributed by atoms with Crippen LogP contribution in [0.3, 0.4) is 0 Å². The average Bonchev–Trinajstić information content (AvgIpc) is 2.95. The van der Waals surface area contributed by atoms with E-state index in [1.807, 2.05) is 21.1 Å². The van der Waals surface area contributed by atoms with Gasteiger partial charge in [0.15, 0.2) is 0 Å². The molecule has 0 spiro atoms. The minimum Gasteiger partial charge on any atom is -0.756 e. The van der Waals surface area contributed by atoms with Gasteiger partial charge in [-0.25, -0.2) is 4.79 Å². The lowest BCUT2D eigenvalue weighted by Crippen LogP contribution is -2.37. The van der Waals surface area contributed by atoms with Gasteiger partial charge in [-0.1, -0.05) is 0 Å². The maximum atomic E-state index is 12.8. The number of quaternary nitrogens is 1. The Hall–Kier alpha value is -3.68. The zero-order valence-corrected chi connectivity index (χ0v) is 26.0. The number of nitrogen functional groups attached to an aromatic ring is 2. The van der Waals surface area contributed by atoms with Crippen LogP contribution in [0.25, 0.3) is 0 Å². The Morgan fingerprint density at radius 1 is 0.682 bits per heavy atom. The number of nitrogens with zero attached hydrogens (tertiary/aromatic N) is 1.